The van der Waals surface area contributed by atoms with Crippen LogP contribution in [0, 0.1) is 12.7 Å². The third-order valence-electron chi connectivity index (χ3n) is 6.11. The van der Waals surface area contributed by atoms with Crippen LogP contribution >= 0.6 is 27.3 Å². The second kappa shape index (κ2) is 11.9. The Labute approximate surface area is 217 Å². The van der Waals surface area contributed by atoms with Crippen molar-refractivity contribution in [2.45, 2.75) is 39.0 Å². The Kier molecular flexibility index (Phi) is 8.70. The number of nitrogens with zero attached hydrogens (tertiary/aromatic N) is 2. The molecular weight excluding hydrogens is 531 g/mol. The minimum absolute atomic E-state index is 0.0638. The summed E-state index contributed by atoms with van der Waals surface area (Å²) >= 11 is 5.07. The highest BCUT2D eigenvalue weighted by Crippen LogP contribution is 2.22. The highest BCUT2D eigenvalue weighted by Gasteiger charge is 2.28. The first-order valence-corrected chi connectivity index (χ1v) is 13.3. The number of benzene rings is 2. The van der Waals surface area contributed by atoms with E-state index in [0.29, 0.717) is 36.3 Å². The quantitative estimate of drug-likeness (QED) is 0.333. The van der Waals surface area contributed by atoms with Gasteiger partial charge in [-0.1, -0.05) is 24.3 Å². The summed E-state index contributed by atoms with van der Waals surface area (Å²) in [5.41, 5.74) is 2.46. The number of aryl methyl sites for hydroxylation is 1. The molecule has 2 heterocycles. The second-order valence-corrected chi connectivity index (χ2v) is 10.6. The number of rotatable bonds is 9. The Morgan fingerprint density at radius 1 is 1.09 bits per heavy atom. The van der Waals surface area contributed by atoms with Crippen LogP contribution in [0.1, 0.15) is 39.2 Å². The van der Waals surface area contributed by atoms with Gasteiger partial charge >= 0.3 is 0 Å². The van der Waals surface area contributed by atoms with E-state index in [1.165, 1.54) is 12.1 Å². The lowest BCUT2D eigenvalue weighted by molar-refractivity contribution is -0.133. The van der Waals surface area contributed by atoms with Crippen LogP contribution in [0.15, 0.2) is 64.5 Å². The summed E-state index contributed by atoms with van der Waals surface area (Å²) in [6.07, 6.45) is 1.73. The molecule has 184 valence electrons. The molecule has 1 fully saturated rings. The molecule has 0 saturated carbocycles. The highest BCUT2D eigenvalue weighted by molar-refractivity contribution is 9.10. The van der Waals surface area contributed by atoms with Crippen LogP contribution in [0.4, 0.5) is 4.39 Å². The molecule has 35 heavy (non-hydrogen) atoms. The number of amides is 2. The molecule has 1 unspecified atom stereocenters. The lowest BCUT2D eigenvalue weighted by Crippen LogP contribution is -2.45. The summed E-state index contributed by atoms with van der Waals surface area (Å²) in [6, 6.07) is 15.4. The van der Waals surface area contributed by atoms with Gasteiger partial charge in [0, 0.05) is 29.0 Å². The molecule has 0 radical (unpaired) electrons. The Morgan fingerprint density at radius 2 is 1.86 bits per heavy atom. The van der Waals surface area contributed by atoms with Crippen LogP contribution in [-0.2, 0) is 22.6 Å². The van der Waals surface area contributed by atoms with E-state index in [-0.39, 0.29) is 30.3 Å². The van der Waals surface area contributed by atoms with E-state index in [0.717, 1.165) is 28.8 Å². The largest absolute Gasteiger partial charge is 0.376 e. The van der Waals surface area contributed by atoms with Crippen LogP contribution in [0.3, 0.4) is 0 Å². The fourth-order valence-electron chi connectivity index (χ4n) is 4.10. The Hall–Kier alpha value is -2.55. The molecule has 0 spiro atoms. The van der Waals surface area contributed by atoms with Crippen molar-refractivity contribution in [1.29, 1.82) is 0 Å². The SMILES string of the molecule is Cc1ccsc1CN(Cc1ccc(F)cc1)C(=O)CN(CC1CCCO1)C(=O)c1ccccc1Br. The molecule has 0 bridgehead atoms. The maximum atomic E-state index is 13.7. The monoisotopic (exact) mass is 558 g/mol. The van der Waals surface area contributed by atoms with Gasteiger partial charge in [-0.15, -0.1) is 11.3 Å². The smallest absolute Gasteiger partial charge is 0.255 e. The van der Waals surface area contributed by atoms with Gasteiger partial charge < -0.3 is 14.5 Å². The predicted molar refractivity (Wildman–Crippen MR) is 139 cm³/mol. The third-order valence-corrected chi connectivity index (χ3v) is 7.81. The van der Waals surface area contributed by atoms with E-state index in [4.69, 9.17) is 4.74 Å². The zero-order valence-corrected chi connectivity index (χ0v) is 22.0. The number of carbonyl (C=O) groups is 2. The summed E-state index contributed by atoms with van der Waals surface area (Å²) in [5, 5.41) is 2.01. The lowest BCUT2D eigenvalue weighted by Gasteiger charge is -2.29. The molecular formula is C27H28BrFN2O3S. The Balaban J connectivity index is 1.57. The average Bonchev–Trinajstić information content (AvgIpc) is 3.51. The molecule has 1 saturated heterocycles. The molecule has 1 aliphatic rings. The first-order valence-electron chi connectivity index (χ1n) is 11.6. The molecule has 8 heteroatoms. The number of halogens is 2. The first-order chi connectivity index (χ1) is 16.9. The van der Waals surface area contributed by atoms with Gasteiger partial charge in [-0.25, -0.2) is 4.39 Å². The first kappa shape index (κ1) is 25.5. The Bertz CT molecular complexity index is 1160. The lowest BCUT2D eigenvalue weighted by atomic mass is 10.1. The van der Waals surface area contributed by atoms with E-state index in [1.807, 2.05) is 36.6 Å². The summed E-state index contributed by atoms with van der Waals surface area (Å²) in [6.45, 7) is 3.74. The third kappa shape index (κ3) is 6.78. The molecule has 1 aliphatic heterocycles. The van der Waals surface area contributed by atoms with Crippen molar-refractivity contribution in [3.8, 4) is 0 Å². The number of carbonyl (C=O) groups excluding carboxylic acids is 2. The molecule has 1 aromatic heterocycles. The van der Waals surface area contributed by atoms with Gasteiger partial charge in [0.2, 0.25) is 5.91 Å². The van der Waals surface area contributed by atoms with E-state index in [9.17, 15) is 14.0 Å². The Morgan fingerprint density at radius 3 is 2.51 bits per heavy atom. The van der Waals surface area contributed by atoms with Gasteiger partial charge in [0.05, 0.1) is 18.2 Å². The molecule has 0 N–H and O–H groups in total. The van der Waals surface area contributed by atoms with E-state index < -0.39 is 0 Å². The maximum Gasteiger partial charge on any atom is 0.255 e. The van der Waals surface area contributed by atoms with Gasteiger partial charge in [-0.05, 0) is 82.5 Å². The average molecular weight is 560 g/mol. The molecule has 3 aromatic rings. The van der Waals surface area contributed by atoms with Crippen molar-refractivity contribution >= 4 is 39.1 Å². The molecule has 0 aliphatic carbocycles. The summed E-state index contributed by atoms with van der Waals surface area (Å²) < 4.78 is 19.9. The van der Waals surface area contributed by atoms with Gasteiger partial charge in [0.1, 0.15) is 12.4 Å². The van der Waals surface area contributed by atoms with Crippen LogP contribution in [0.5, 0.6) is 0 Å². The van der Waals surface area contributed by atoms with E-state index >= 15 is 0 Å². The van der Waals surface area contributed by atoms with Gasteiger partial charge in [0.15, 0.2) is 0 Å². The zero-order valence-electron chi connectivity index (χ0n) is 19.6. The number of thiophene rings is 1. The topological polar surface area (TPSA) is 49.9 Å². The number of ether oxygens (including phenoxy) is 1. The predicted octanol–water partition coefficient (Wildman–Crippen LogP) is 5.81. The summed E-state index contributed by atoms with van der Waals surface area (Å²) in [5.74, 6) is -0.696. The second-order valence-electron chi connectivity index (χ2n) is 8.70. The molecule has 2 amide bonds. The number of hydrogen-bond acceptors (Lipinski definition) is 4. The van der Waals surface area contributed by atoms with Crippen molar-refractivity contribution < 1.29 is 18.7 Å². The van der Waals surface area contributed by atoms with E-state index in [2.05, 4.69) is 15.9 Å². The number of hydrogen-bond donors (Lipinski definition) is 0. The fourth-order valence-corrected chi connectivity index (χ4v) is 5.48. The molecule has 5 nitrogen and oxygen atoms in total. The van der Waals surface area contributed by atoms with Gasteiger partial charge in [-0.2, -0.15) is 0 Å². The summed E-state index contributed by atoms with van der Waals surface area (Å²) in [4.78, 5) is 31.6. The van der Waals surface area contributed by atoms with Crippen LogP contribution < -0.4 is 0 Å². The highest BCUT2D eigenvalue weighted by atomic mass is 79.9. The van der Waals surface area contributed by atoms with Gasteiger partial charge in [-0.3, -0.25) is 9.59 Å². The maximum absolute atomic E-state index is 13.7. The minimum atomic E-state index is -0.317. The molecule has 4 rings (SSSR count). The van der Waals surface area contributed by atoms with Crippen LogP contribution in [-0.4, -0.2) is 47.4 Å². The normalized spacial score (nSPS) is 15.2. The van der Waals surface area contributed by atoms with Crippen molar-refractivity contribution in [2.75, 3.05) is 19.7 Å². The van der Waals surface area contributed by atoms with Crippen molar-refractivity contribution in [1.82, 2.24) is 9.80 Å². The standard InChI is InChI=1S/C27H28BrFN2O3S/c1-19-12-14-35-25(19)17-30(15-20-8-10-21(29)11-9-20)26(32)18-31(16-22-5-4-13-34-22)27(33)23-6-2-3-7-24(23)28/h2-3,6-12,14,22H,4-5,13,15-18H2,1H3. The van der Waals surface area contributed by atoms with Crippen LogP contribution in [0.2, 0.25) is 0 Å². The van der Waals surface area contributed by atoms with Crippen LogP contribution in [0.25, 0.3) is 0 Å². The van der Waals surface area contributed by atoms with Crippen molar-refractivity contribution in [3.63, 3.8) is 0 Å². The van der Waals surface area contributed by atoms with Gasteiger partial charge in [0.25, 0.3) is 5.91 Å². The van der Waals surface area contributed by atoms with Crippen molar-refractivity contribution in [2.24, 2.45) is 0 Å². The fraction of sp³-hybridized carbons (Fsp3) is 0.333. The summed E-state index contributed by atoms with van der Waals surface area (Å²) in [7, 11) is 0. The van der Waals surface area contributed by atoms with Crippen molar-refractivity contribution in [3.05, 3.63) is 91.8 Å². The minimum Gasteiger partial charge on any atom is -0.376 e. The van der Waals surface area contributed by atoms with E-state index in [1.54, 1.807) is 39.3 Å². The zero-order chi connectivity index (χ0) is 24.8. The molecule has 1 atom stereocenters. The molecule has 2 aromatic carbocycles.